The first-order valence-corrected chi connectivity index (χ1v) is 5.13. The molecule has 0 unspecified atom stereocenters. The number of hydrogen-bond donors (Lipinski definition) is 2. The van der Waals surface area contributed by atoms with E-state index >= 15 is 0 Å². The fourth-order valence-corrected chi connectivity index (χ4v) is 1.39. The molecule has 1 aromatic rings. The highest BCUT2D eigenvalue weighted by molar-refractivity contribution is 5.92. The number of aromatic hydroxyl groups is 1. The molecule has 0 aliphatic carbocycles. The first-order valence-electron chi connectivity index (χ1n) is 5.13. The van der Waals surface area contributed by atoms with Gasteiger partial charge >= 0.3 is 5.97 Å². The Hall–Kier alpha value is -1.55. The molecule has 4 nitrogen and oxygen atoms in total. The number of carbonyl (C=O) groups excluding carboxylic acids is 1. The second-order valence-electron chi connectivity index (χ2n) is 3.73. The number of phenolic OH excluding ortho intramolecular Hbond substituents is 1. The van der Waals surface area contributed by atoms with Crippen molar-refractivity contribution in [1.82, 2.24) is 0 Å². The lowest BCUT2D eigenvalue weighted by atomic mass is 10.0. The van der Waals surface area contributed by atoms with Crippen LogP contribution in [0.25, 0.3) is 0 Å². The van der Waals surface area contributed by atoms with Crippen molar-refractivity contribution >= 4 is 5.97 Å². The molecular weight excluding hydrogens is 208 g/mol. The van der Waals surface area contributed by atoms with Crippen molar-refractivity contribution in [3.8, 4) is 5.75 Å². The molecule has 0 spiro atoms. The molecule has 0 saturated carbocycles. The molecule has 1 rings (SSSR count). The number of hydrogen-bond acceptors (Lipinski definition) is 4. The van der Waals surface area contributed by atoms with Gasteiger partial charge in [-0.15, -0.1) is 0 Å². The van der Waals surface area contributed by atoms with Crippen LogP contribution in [0, 0.1) is 0 Å². The van der Waals surface area contributed by atoms with Crippen molar-refractivity contribution in [1.29, 1.82) is 0 Å². The number of methoxy groups -OCH3 is 1. The molecular formula is C12H16O4. The van der Waals surface area contributed by atoms with Gasteiger partial charge in [-0.25, -0.2) is 4.79 Å². The average molecular weight is 224 g/mol. The molecule has 4 heteroatoms. The fourth-order valence-electron chi connectivity index (χ4n) is 1.39. The molecule has 0 aliphatic rings. The van der Waals surface area contributed by atoms with Gasteiger partial charge < -0.3 is 14.9 Å². The SMILES string of the molecule is COC(=O)c1cc(CC[C@@H](C)O)ccc1O. The van der Waals surface area contributed by atoms with E-state index in [9.17, 15) is 9.90 Å². The topological polar surface area (TPSA) is 66.8 Å². The molecule has 16 heavy (non-hydrogen) atoms. The zero-order valence-corrected chi connectivity index (χ0v) is 9.43. The number of rotatable bonds is 4. The number of aryl methyl sites for hydroxylation is 1. The number of carbonyl (C=O) groups is 1. The smallest absolute Gasteiger partial charge is 0.341 e. The fraction of sp³-hybridized carbons (Fsp3) is 0.417. The quantitative estimate of drug-likeness (QED) is 0.760. The zero-order valence-electron chi connectivity index (χ0n) is 9.43. The highest BCUT2D eigenvalue weighted by Crippen LogP contribution is 2.20. The van der Waals surface area contributed by atoms with Crippen LogP contribution in [-0.2, 0) is 11.2 Å². The number of ether oxygens (including phenoxy) is 1. The van der Waals surface area contributed by atoms with Gasteiger partial charge in [-0.2, -0.15) is 0 Å². The second kappa shape index (κ2) is 5.51. The van der Waals surface area contributed by atoms with Crippen LogP contribution in [0.1, 0.15) is 29.3 Å². The lowest BCUT2D eigenvalue weighted by Gasteiger charge is -2.07. The summed E-state index contributed by atoms with van der Waals surface area (Å²) in [6, 6.07) is 4.78. The number of aliphatic hydroxyl groups excluding tert-OH is 1. The minimum atomic E-state index is -0.559. The van der Waals surface area contributed by atoms with Crippen molar-refractivity contribution in [3.05, 3.63) is 29.3 Å². The van der Waals surface area contributed by atoms with E-state index in [0.717, 1.165) is 5.56 Å². The average Bonchev–Trinajstić information content (AvgIpc) is 2.27. The Morgan fingerprint density at radius 1 is 1.50 bits per heavy atom. The number of esters is 1. The minimum absolute atomic E-state index is 0.0901. The van der Waals surface area contributed by atoms with Crippen LogP contribution in [0.5, 0.6) is 5.75 Å². The summed E-state index contributed by atoms with van der Waals surface area (Å²) in [5, 5.41) is 18.6. The van der Waals surface area contributed by atoms with Crippen LogP contribution < -0.4 is 0 Å². The maximum absolute atomic E-state index is 11.3. The van der Waals surface area contributed by atoms with Gasteiger partial charge in [0.1, 0.15) is 11.3 Å². The molecule has 0 aromatic heterocycles. The second-order valence-corrected chi connectivity index (χ2v) is 3.73. The van der Waals surface area contributed by atoms with E-state index in [-0.39, 0.29) is 17.4 Å². The van der Waals surface area contributed by atoms with Crippen molar-refractivity contribution in [3.63, 3.8) is 0 Å². The maximum Gasteiger partial charge on any atom is 0.341 e. The van der Waals surface area contributed by atoms with E-state index in [1.165, 1.54) is 13.2 Å². The van der Waals surface area contributed by atoms with Gasteiger partial charge in [0, 0.05) is 0 Å². The van der Waals surface area contributed by atoms with Crippen LogP contribution in [0.4, 0.5) is 0 Å². The van der Waals surface area contributed by atoms with Crippen LogP contribution in [0.2, 0.25) is 0 Å². The van der Waals surface area contributed by atoms with Crippen LogP contribution in [0.3, 0.4) is 0 Å². The Kier molecular flexibility index (Phi) is 4.31. The molecule has 0 amide bonds. The van der Waals surface area contributed by atoms with E-state index in [1.807, 2.05) is 0 Å². The number of phenols is 1. The molecule has 88 valence electrons. The predicted octanol–water partition coefficient (Wildman–Crippen LogP) is 1.49. The Morgan fingerprint density at radius 3 is 2.75 bits per heavy atom. The normalized spacial score (nSPS) is 12.2. The van der Waals surface area contributed by atoms with E-state index in [2.05, 4.69) is 4.74 Å². The van der Waals surface area contributed by atoms with Gasteiger partial charge in [0.2, 0.25) is 0 Å². The molecule has 0 saturated heterocycles. The summed E-state index contributed by atoms with van der Waals surface area (Å²) in [4.78, 5) is 11.3. The number of benzene rings is 1. The summed E-state index contributed by atoms with van der Waals surface area (Å²) < 4.78 is 4.55. The Labute approximate surface area is 94.5 Å². The third kappa shape index (κ3) is 3.24. The summed E-state index contributed by atoms with van der Waals surface area (Å²) in [5.41, 5.74) is 1.05. The summed E-state index contributed by atoms with van der Waals surface area (Å²) in [6.07, 6.45) is 0.892. The predicted molar refractivity (Wildman–Crippen MR) is 59.4 cm³/mol. The van der Waals surface area contributed by atoms with Crippen LogP contribution in [-0.4, -0.2) is 29.4 Å². The van der Waals surface area contributed by atoms with Gasteiger partial charge in [-0.05, 0) is 37.5 Å². The lowest BCUT2D eigenvalue weighted by Crippen LogP contribution is -2.04. The molecule has 0 aliphatic heterocycles. The van der Waals surface area contributed by atoms with Gasteiger partial charge in [0.15, 0.2) is 0 Å². The Bertz CT molecular complexity index is 371. The zero-order chi connectivity index (χ0) is 12.1. The highest BCUT2D eigenvalue weighted by Gasteiger charge is 2.12. The molecule has 0 heterocycles. The molecule has 1 aromatic carbocycles. The van der Waals surface area contributed by atoms with Crippen LogP contribution >= 0.6 is 0 Å². The maximum atomic E-state index is 11.3. The molecule has 0 radical (unpaired) electrons. The van der Waals surface area contributed by atoms with Gasteiger partial charge in [-0.3, -0.25) is 0 Å². The Morgan fingerprint density at radius 2 is 2.19 bits per heavy atom. The highest BCUT2D eigenvalue weighted by atomic mass is 16.5. The van der Waals surface area contributed by atoms with E-state index in [0.29, 0.717) is 12.8 Å². The molecule has 1 atom stereocenters. The van der Waals surface area contributed by atoms with E-state index in [4.69, 9.17) is 5.11 Å². The van der Waals surface area contributed by atoms with Crippen molar-refractivity contribution in [2.45, 2.75) is 25.9 Å². The van der Waals surface area contributed by atoms with E-state index < -0.39 is 5.97 Å². The Balaban J connectivity index is 2.85. The summed E-state index contributed by atoms with van der Waals surface area (Å²) in [5.74, 6) is -0.649. The first kappa shape index (κ1) is 12.5. The molecule has 2 N–H and O–H groups in total. The first-order chi connectivity index (χ1) is 7.54. The third-order valence-electron chi connectivity index (χ3n) is 2.32. The summed E-state index contributed by atoms with van der Waals surface area (Å²) >= 11 is 0. The van der Waals surface area contributed by atoms with Crippen molar-refractivity contribution in [2.24, 2.45) is 0 Å². The molecule has 0 fully saturated rings. The minimum Gasteiger partial charge on any atom is -0.507 e. The third-order valence-corrected chi connectivity index (χ3v) is 2.32. The monoisotopic (exact) mass is 224 g/mol. The summed E-state index contributed by atoms with van der Waals surface area (Å²) in [7, 11) is 1.27. The van der Waals surface area contributed by atoms with Gasteiger partial charge in [0.05, 0.1) is 13.2 Å². The summed E-state index contributed by atoms with van der Waals surface area (Å²) in [6.45, 7) is 1.71. The number of aliphatic hydroxyl groups is 1. The lowest BCUT2D eigenvalue weighted by molar-refractivity contribution is 0.0597. The van der Waals surface area contributed by atoms with Crippen molar-refractivity contribution in [2.75, 3.05) is 7.11 Å². The molecule has 0 bridgehead atoms. The van der Waals surface area contributed by atoms with Crippen molar-refractivity contribution < 1.29 is 19.7 Å². The van der Waals surface area contributed by atoms with Gasteiger partial charge in [-0.1, -0.05) is 6.07 Å². The van der Waals surface area contributed by atoms with E-state index in [1.54, 1.807) is 19.1 Å². The van der Waals surface area contributed by atoms with Gasteiger partial charge in [0.25, 0.3) is 0 Å². The largest absolute Gasteiger partial charge is 0.507 e. The standard InChI is InChI=1S/C12H16O4/c1-8(13)3-4-9-5-6-11(14)10(7-9)12(15)16-2/h5-8,13-14H,3-4H2,1-2H3/t8-/m1/s1. The van der Waals surface area contributed by atoms with Crippen LogP contribution in [0.15, 0.2) is 18.2 Å².